The van der Waals surface area contributed by atoms with Gasteiger partial charge in [-0.3, -0.25) is 9.48 Å². The Hall–Kier alpha value is -1.81. The molecule has 0 bridgehead atoms. The van der Waals surface area contributed by atoms with Gasteiger partial charge in [0.15, 0.2) is 0 Å². The Morgan fingerprint density at radius 2 is 2.18 bits per heavy atom. The molecule has 0 saturated carbocycles. The van der Waals surface area contributed by atoms with E-state index in [2.05, 4.69) is 5.10 Å². The van der Waals surface area contributed by atoms with E-state index >= 15 is 0 Å². The Morgan fingerprint density at radius 1 is 1.41 bits per heavy atom. The van der Waals surface area contributed by atoms with Crippen LogP contribution in [0.5, 0.6) is 5.75 Å². The number of hydrogen-bond donors (Lipinski definition) is 0. The molecule has 0 unspecified atom stereocenters. The lowest BCUT2D eigenvalue weighted by Gasteiger charge is -2.06. The number of hydrogen-bond acceptors (Lipinski definition) is 3. The molecule has 2 rings (SSSR count). The van der Waals surface area contributed by atoms with Gasteiger partial charge in [-0.25, -0.2) is 0 Å². The highest BCUT2D eigenvalue weighted by atomic mass is 35.5. The van der Waals surface area contributed by atoms with Gasteiger partial charge in [0, 0.05) is 18.3 Å². The van der Waals surface area contributed by atoms with Crippen LogP contribution in [-0.2, 0) is 7.05 Å². The Morgan fingerprint density at radius 3 is 2.76 bits per heavy atom. The molecular weight excluding hydrogens is 240 g/mol. The maximum Gasteiger partial charge on any atom is 0.216 e. The number of aromatic nitrogens is 2. The Kier molecular flexibility index (Phi) is 3.15. The summed E-state index contributed by atoms with van der Waals surface area (Å²) >= 11 is 5.88. The summed E-state index contributed by atoms with van der Waals surface area (Å²) in [6, 6.07) is 6.58. The Balaban J connectivity index is 2.46. The normalized spacial score (nSPS) is 10.3. The van der Waals surface area contributed by atoms with Gasteiger partial charge < -0.3 is 4.74 Å². The Bertz CT molecular complexity index is 563. The fraction of sp³-hybridized carbons (Fsp3) is 0.167. The molecule has 0 aliphatic heterocycles. The van der Waals surface area contributed by atoms with Gasteiger partial charge in [0.25, 0.3) is 0 Å². The summed E-state index contributed by atoms with van der Waals surface area (Å²) in [5.41, 5.74) is 0.784. The van der Waals surface area contributed by atoms with E-state index in [-0.39, 0.29) is 5.78 Å². The summed E-state index contributed by atoms with van der Waals surface area (Å²) < 4.78 is 6.71. The highest BCUT2D eigenvalue weighted by Gasteiger charge is 2.17. The standard InChI is InChI=1S/C12H11ClN2O2/c1-15-6-5-10(14-15)12(16)9-7-8(13)3-4-11(9)17-2/h3-7H,1-2H3. The van der Waals surface area contributed by atoms with Gasteiger partial charge in [-0.15, -0.1) is 0 Å². The van der Waals surface area contributed by atoms with Crippen LogP contribution in [0.15, 0.2) is 30.5 Å². The number of methoxy groups -OCH3 is 1. The second kappa shape index (κ2) is 4.59. The smallest absolute Gasteiger partial charge is 0.216 e. The van der Waals surface area contributed by atoms with Crippen molar-refractivity contribution in [3.8, 4) is 5.75 Å². The monoisotopic (exact) mass is 250 g/mol. The van der Waals surface area contributed by atoms with Gasteiger partial charge in [-0.1, -0.05) is 11.6 Å². The molecule has 0 atom stereocenters. The summed E-state index contributed by atoms with van der Waals surface area (Å²) in [5.74, 6) is 0.287. The van der Waals surface area contributed by atoms with Crippen molar-refractivity contribution in [3.63, 3.8) is 0 Å². The largest absolute Gasteiger partial charge is 0.496 e. The summed E-state index contributed by atoms with van der Waals surface area (Å²) in [5, 5.41) is 4.55. The maximum absolute atomic E-state index is 12.2. The molecule has 0 saturated heterocycles. The molecule has 0 aliphatic carbocycles. The van der Waals surface area contributed by atoms with Gasteiger partial charge in [-0.05, 0) is 24.3 Å². The highest BCUT2D eigenvalue weighted by Crippen LogP contribution is 2.24. The molecule has 1 aromatic carbocycles. The van der Waals surface area contributed by atoms with E-state index < -0.39 is 0 Å². The zero-order valence-corrected chi connectivity index (χ0v) is 10.2. The van der Waals surface area contributed by atoms with Gasteiger partial charge in [-0.2, -0.15) is 5.10 Å². The fourth-order valence-corrected chi connectivity index (χ4v) is 1.70. The molecule has 88 valence electrons. The molecule has 0 spiro atoms. The molecule has 0 fully saturated rings. The molecule has 0 N–H and O–H groups in total. The summed E-state index contributed by atoms with van der Waals surface area (Å²) in [6.45, 7) is 0. The number of benzene rings is 1. The first-order valence-electron chi connectivity index (χ1n) is 4.99. The minimum absolute atomic E-state index is 0.204. The zero-order chi connectivity index (χ0) is 12.4. The number of rotatable bonds is 3. The van der Waals surface area contributed by atoms with Crippen molar-refractivity contribution in [3.05, 3.63) is 46.7 Å². The van der Waals surface area contributed by atoms with E-state index in [0.29, 0.717) is 22.0 Å². The number of halogens is 1. The number of ether oxygens (including phenoxy) is 1. The second-order valence-corrected chi connectivity index (χ2v) is 3.98. The Labute approximate surface area is 104 Å². The first-order valence-corrected chi connectivity index (χ1v) is 5.37. The number of carbonyl (C=O) groups is 1. The van der Waals surface area contributed by atoms with Crippen molar-refractivity contribution in [2.24, 2.45) is 7.05 Å². The van der Waals surface area contributed by atoms with Crippen LogP contribution in [0.1, 0.15) is 16.1 Å². The van der Waals surface area contributed by atoms with E-state index in [9.17, 15) is 4.79 Å². The minimum atomic E-state index is -0.204. The molecule has 17 heavy (non-hydrogen) atoms. The van der Waals surface area contributed by atoms with Crippen LogP contribution in [0.3, 0.4) is 0 Å². The number of ketones is 1. The molecule has 1 aromatic heterocycles. The van der Waals surface area contributed by atoms with Crippen LogP contribution in [0, 0.1) is 0 Å². The second-order valence-electron chi connectivity index (χ2n) is 3.55. The molecule has 5 heteroatoms. The van der Waals surface area contributed by atoms with Crippen molar-refractivity contribution >= 4 is 17.4 Å². The van der Waals surface area contributed by atoms with Crippen LogP contribution in [-0.4, -0.2) is 22.7 Å². The van der Waals surface area contributed by atoms with Crippen LogP contribution in [0.2, 0.25) is 5.02 Å². The minimum Gasteiger partial charge on any atom is -0.496 e. The van der Waals surface area contributed by atoms with Crippen LogP contribution in [0.25, 0.3) is 0 Å². The van der Waals surface area contributed by atoms with Crippen molar-refractivity contribution < 1.29 is 9.53 Å². The average Bonchev–Trinajstić information content (AvgIpc) is 2.75. The average molecular weight is 251 g/mol. The van der Waals surface area contributed by atoms with Crippen molar-refractivity contribution in [1.29, 1.82) is 0 Å². The van der Waals surface area contributed by atoms with Gasteiger partial charge in [0.05, 0.1) is 12.7 Å². The quantitative estimate of drug-likeness (QED) is 0.786. The first-order chi connectivity index (χ1) is 8.11. The third kappa shape index (κ3) is 2.31. The molecule has 2 aromatic rings. The zero-order valence-electron chi connectivity index (χ0n) is 9.48. The summed E-state index contributed by atoms with van der Waals surface area (Å²) in [7, 11) is 3.27. The molecular formula is C12H11ClN2O2. The van der Waals surface area contributed by atoms with Crippen molar-refractivity contribution in [2.45, 2.75) is 0 Å². The lowest BCUT2D eigenvalue weighted by atomic mass is 10.1. The summed E-state index contributed by atoms with van der Waals surface area (Å²) in [4.78, 5) is 12.2. The first kappa shape index (κ1) is 11.7. The van der Waals surface area contributed by atoms with Gasteiger partial charge >= 0.3 is 0 Å². The molecule has 0 amide bonds. The topological polar surface area (TPSA) is 44.1 Å². The number of nitrogens with zero attached hydrogens (tertiary/aromatic N) is 2. The van der Waals surface area contributed by atoms with E-state index in [4.69, 9.17) is 16.3 Å². The lowest BCUT2D eigenvalue weighted by molar-refractivity contribution is 0.103. The van der Waals surface area contributed by atoms with E-state index in [0.717, 1.165) is 0 Å². The van der Waals surface area contributed by atoms with Gasteiger partial charge in [0.2, 0.25) is 5.78 Å². The van der Waals surface area contributed by atoms with Crippen LogP contribution < -0.4 is 4.74 Å². The number of carbonyl (C=O) groups excluding carboxylic acids is 1. The maximum atomic E-state index is 12.2. The van der Waals surface area contributed by atoms with Crippen LogP contribution in [0.4, 0.5) is 0 Å². The molecule has 0 aliphatic rings. The third-order valence-corrected chi connectivity index (χ3v) is 2.59. The number of aryl methyl sites for hydroxylation is 1. The SMILES string of the molecule is COc1ccc(Cl)cc1C(=O)c1ccn(C)n1. The fourth-order valence-electron chi connectivity index (χ4n) is 1.53. The van der Waals surface area contributed by atoms with E-state index in [1.54, 1.807) is 42.2 Å². The van der Waals surface area contributed by atoms with Gasteiger partial charge in [0.1, 0.15) is 11.4 Å². The van der Waals surface area contributed by atoms with Crippen LogP contribution >= 0.6 is 11.6 Å². The lowest BCUT2D eigenvalue weighted by Crippen LogP contribution is -2.05. The molecule has 1 heterocycles. The third-order valence-electron chi connectivity index (χ3n) is 2.35. The predicted octanol–water partition coefficient (Wildman–Crippen LogP) is 2.31. The molecule has 0 radical (unpaired) electrons. The highest BCUT2D eigenvalue weighted by molar-refractivity contribution is 6.31. The van der Waals surface area contributed by atoms with E-state index in [1.807, 2.05) is 0 Å². The predicted molar refractivity (Wildman–Crippen MR) is 64.6 cm³/mol. The van der Waals surface area contributed by atoms with E-state index in [1.165, 1.54) is 7.11 Å². The molecule has 4 nitrogen and oxygen atoms in total. The van der Waals surface area contributed by atoms with Crippen molar-refractivity contribution in [2.75, 3.05) is 7.11 Å². The summed E-state index contributed by atoms with van der Waals surface area (Å²) in [6.07, 6.45) is 1.71. The van der Waals surface area contributed by atoms with Crippen molar-refractivity contribution in [1.82, 2.24) is 9.78 Å².